The van der Waals surface area contributed by atoms with Crippen molar-refractivity contribution in [2.75, 3.05) is 0 Å². The Hall–Kier alpha value is -0.820. The second-order valence-corrected chi connectivity index (χ2v) is 5.38. The van der Waals surface area contributed by atoms with E-state index in [0.717, 1.165) is 25.7 Å². The summed E-state index contributed by atoms with van der Waals surface area (Å²) in [5, 5.41) is 9.56. The van der Waals surface area contributed by atoms with Crippen LogP contribution >= 0.6 is 22.6 Å². The third-order valence-corrected chi connectivity index (χ3v) is 4.19. The van der Waals surface area contributed by atoms with Crippen LogP contribution in [0.1, 0.15) is 31.2 Å². The largest absolute Gasteiger partial charge is 0.197 e. The molecule has 16 heavy (non-hydrogen) atoms. The van der Waals surface area contributed by atoms with Crippen molar-refractivity contribution >= 4 is 22.6 Å². The number of nitrogens with zero attached hydrogens (tertiary/aromatic N) is 1. The van der Waals surface area contributed by atoms with Gasteiger partial charge in [0.1, 0.15) is 0 Å². The predicted octanol–water partition coefficient (Wildman–Crippen LogP) is 4.18. The van der Waals surface area contributed by atoms with Crippen LogP contribution < -0.4 is 0 Å². The lowest BCUT2D eigenvalue weighted by molar-refractivity contribution is 0.480. The molecule has 1 aliphatic carbocycles. The van der Waals surface area contributed by atoms with E-state index in [-0.39, 0.29) is 5.41 Å². The van der Waals surface area contributed by atoms with Crippen LogP contribution in [0.3, 0.4) is 0 Å². The van der Waals surface area contributed by atoms with Crippen LogP contribution in [0.15, 0.2) is 36.4 Å². The Labute approximate surface area is 110 Å². The molecule has 0 unspecified atom stereocenters. The maximum atomic E-state index is 9.56. The lowest BCUT2D eigenvalue weighted by Gasteiger charge is -2.26. The van der Waals surface area contributed by atoms with Crippen LogP contribution in [0.2, 0.25) is 0 Å². The van der Waals surface area contributed by atoms with E-state index in [0.29, 0.717) is 0 Å². The minimum absolute atomic E-state index is 0.277. The summed E-state index contributed by atoms with van der Waals surface area (Å²) >= 11 is 2.34. The summed E-state index contributed by atoms with van der Waals surface area (Å²) in [5.41, 5.74) is 0.933. The fourth-order valence-electron chi connectivity index (χ4n) is 2.31. The fourth-order valence-corrected chi connectivity index (χ4v) is 3.21. The van der Waals surface area contributed by atoms with Gasteiger partial charge in [-0.2, -0.15) is 5.26 Å². The van der Waals surface area contributed by atoms with Crippen LogP contribution in [0.5, 0.6) is 0 Å². The van der Waals surface area contributed by atoms with Gasteiger partial charge in [-0.3, -0.25) is 0 Å². The van der Waals surface area contributed by atoms with Gasteiger partial charge in [-0.1, -0.05) is 30.4 Å². The highest BCUT2D eigenvalue weighted by Crippen LogP contribution is 2.38. The molecule has 0 radical (unpaired) electrons. The molecule has 2 heteroatoms. The number of hydrogen-bond donors (Lipinski definition) is 0. The standard InChI is InChI=1S/C14H14IN/c15-13-8-4-3-7-12(13)14(11-16)9-5-1-2-6-10-14/h1-4,7-8H,5-6,9-10H2. The van der Waals surface area contributed by atoms with Gasteiger partial charge in [0.2, 0.25) is 0 Å². The van der Waals surface area contributed by atoms with Crippen LogP contribution in [-0.2, 0) is 5.41 Å². The summed E-state index contributed by atoms with van der Waals surface area (Å²) in [4.78, 5) is 0. The van der Waals surface area contributed by atoms with E-state index in [9.17, 15) is 5.26 Å². The van der Waals surface area contributed by atoms with Gasteiger partial charge in [0.15, 0.2) is 0 Å². The first-order valence-corrected chi connectivity index (χ1v) is 6.68. The van der Waals surface area contributed by atoms with Crippen molar-refractivity contribution in [3.05, 3.63) is 45.6 Å². The van der Waals surface area contributed by atoms with Crippen LogP contribution in [0, 0.1) is 14.9 Å². The molecular formula is C14H14IN. The molecule has 1 aromatic rings. The van der Waals surface area contributed by atoms with Crippen molar-refractivity contribution in [2.24, 2.45) is 0 Å². The van der Waals surface area contributed by atoms with Crippen molar-refractivity contribution in [1.29, 1.82) is 5.26 Å². The summed E-state index contributed by atoms with van der Waals surface area (Å²) in [6, 6.07) is 10.8. The van der Waals surface area contributed by atoms with Crippen molar-refractivity contribution in [3.8, 4) is 6.07 Å². The molecule has 0 saturated carbocycles. The first-order chi connectivity index (χ1) is 7.78. The number of benzene rings is 1. The normalized spacial score (nSPS) is 18.8. The van der Waals surface area contributed by atoms with E-state index >= 15 is 0 Å². The topological polar surface area (TPSA) is 23.8 Å². The summed E-state index contributed by atoms with van der Waals surface area (Å²) in [6.45, 7) is 0. The van der Waals surface area contributed by atoms with E-state index in [1.165, 1.54) is 9.13 Å². The summed E-state index contributed by atoms with van der Waals surface area (Å²) < 4.78 is 1.21. The zero-order chi connectivity index (χ0) is 11.4. The van der Waals surface area contributed by atoms with Crippen molar-refractivity contribution in [3.63, 3.8) is 0 Å². The molecule has 2 rings (SSSR count). The highest BCUT2D eigenvalue weighted by Gasteiger charge is 2.33. The van der Waals surface area contributed by atoms with Crippen molar-refractivity contribution < 1.29 is 0 Å². The maximum absolute atomic E-state index is 9.56. The van der Waals surface area contributed by atoms with Crippen LogP contribution in [0.4, 0.5) is 0 Å². The average molecular weight is 323 g/mol. The molecule has 0 aromatic heterocycles. The second kappa shape index (κ2) is 5.01. The molecule has 1 aromatic carbocycles. The summed E-state index contributed by atoms with van der Waals surface area (Å²) in [5.74, 6) is 0. The van der Waals surface area contributed by atoms with Gasteiger partial charge in [-0.15, -0.1) is 0 Å². The van der Waals surface area contributed by atoms with Gasteiger partial charge in [-0.25, -0.2) is 0 Å². The zero-order valence-electron chi connectivity index (χ0n) is 9.12. The van der Waals surface area contributed by atoms with E-state index < -0.39 is 0 Å². The lowest BCUT2D eigenvalue weighted by atomic mass is 9.75. The smallest absolute Gasteiger partial charge is 0.0838 e. The highest BCUT2D eigenvalue weighted by atomic mass is 127. The predicted molar refractivity (Wildman–Crippen MR) is 74.1 cm³/mol. The summed E-state index contributed by atoms with van der Waals surface area (Å²) in [6.07, 6.45) is 8.32. The quantitative estimate of drug-likeness (QED) is 0.562. The first-order valence-electron chi connectivity index (χ1n) is 5.60. The number of halogens is 1. The van der Waals surface area contributed by atoms with Gasteiger partial charge in [0.05, 0.1) is 11.5 Å². The molecule has 1 nitrogen and oxygen atoms in total. The highest BCUT2D eigenvalue weighted by molar-refractivity contribution is 14.1. The Bertz CT molecular complexity index is 432. The molecule has 0 fully saturated rings. The molecule has 1 aliphatic rings. The van der Waals surface area contributed by atoms with E-state index in [4.69, 9.17) is 0 Å². The van der Waals surface area contributed by atoms with Crippen molar-refractivity contribution in [2.45, 2.75) is 31.1 Å². The monoisotopic (exact) mass is 323 g/mol. The molecule has 0 saturated heterocycles. The van der Waals surface area contributed by atoms with Crippen LogP contribution in [-0.4, -0.2) is 0 Å². The number of rotatable bonds is 1. The molecule has 0 bridgehead atoms. The molecule has 0 N–H and O–H groups in total. The Morgan fingerprint density at radius 3 is 2.31 bits per heavy atom. The van der Waals surface area contributed by atoms with Gasteiger partial charge < -0.3 is 0 Å². The third kappa shape index (κ3) is 2.15. The second-order valence-electron chi connectivity index (χ2n) is 4.22. The Balaban J connectivity index is 2.42. The average Bonchev–Trinajstić information content (AvgIpc) is 2.56. The number of hydrogen-bond acceptors (Lipinski definition) is 1. The zero-order valence-corrected chi connectivity index (χ0v) is 11.3. The van der Waals surface area contributed by atoms with Crippen molar-refractivity contribution in [1.82, 2.24) is 0 Å². The molecule has 0 heterocycles. The Kier molecular flexibility index (Phi) is 3.65. The molecule has 0 aliphatic heterocycles. The fraction of sp³-hybridized carbons (Fsp3) is 0.357. The SMILES string of the molecule is N#CC1(c2ccccc2I)CCC=CCC1. The first kappa shape index (κ1) is 11.7. The Morgan fingerprint density at radius 2 is 1.75 bits per heavy atom. The number of allylic oxidation sites excluding steroid dienone is 2. The molecule has 0 spiro atoms. The van der Waals surface area contributed by atoms with Gasteiger partial charge >= 0.3 is 0 Å². The summed E-state index contributed by atoms with van der Waals surface area (Å²) in [7, 11) is 0. The molecule has 82 valence electrons. The van der Waals surface area contributed by atoms with Crippen LogP contribution in [0.25, 0.3) is 0 Å². The van der Waals surface area contributed by atoms with Gasteiger partial charge in [0, 0.05) is 3.57 Å². The third-order valence-electron chi connectivity index (χ3n) is 3.25. The van der Waals surface area contributed by atoms with Gasteiger partial charge in [-0.05, 0) is 59.9 Å². The van der Waals surface area contributed by atoms with E-state index in [1.54, 1.807) is 0 Å². The number of nitriles is 1. The van der Waals surface area contributed by atoms with Gasteiger partial charge in [0.25, 0.3) is 0 Å². The van der Waals surface area contributed by atoms with E-state index in [1.807, 2.05) is 12.1 Å². The minimum atomic E-state index is -0.277. The maximum Gasteiger partial charge on any atom is 0.0838 e. The van der Waals surface area contributed by atoms with E-state index in [2.05, 4.69) is 52.9 Å². The lowest BCUT2D eigenvalue weighted by Crippen LogP contribution is -2.24. The molecule has 0 atom stereocenters. The Morgan fingerprint density at radius 1 is 1.12 bits per heavy atom. The minimum Gasteiger partial charge on any atom is -0.197 e. The molecule has 0 amide bonds. The molecular weight excluding hydrogens is 309 g/mol.